The summed E-state index contributed by atoms with van der Waals surface area (Å²) in [5.41, 5.74) is 0. The summed E-state index contributed by atoms with van der Waals surface area (Å²) >= 11 is 0. The molecule has 1 atom stereocenters. The molecule has 5 nitrogen and oxygen atoms in total. The van der Waals surface area contributed by atoms with Crippen molar-refractivity contribution in [2.45, 2.75) is 20.4 Å². The molecule has 80 valence electrons. The first kappa shape index (κ1) is 11.1. The first-order valence-corrected chi connectivity index (χ1v) is 4.71. The van der Waals surface area contributed by atoms with Gasteiger partial charge in [-0.15, -0.1) is 0 Å². The molecular formula is C9H17N3O2. The summed E-state index contributed by atoms with van der Waals surface area (Å²) in [6, 6.07) is 0. The van der Waals surface area contributed by atoms with E-state index in [1.54, 1.807) is 14.0 Å². The molecule has 0 radical (unpaired) electrons. The van der Waals surface area contributed by atoms with Crippen molar-refractivity contribution in [3.05, 3.63) is 11.7 Å². The highest BCUT2D eigenvalue weighted by molar-refractivity contribution is 4.82. The summed E-state index contributed by atoms with van der Waals surface area (Å²) in [5.74, 6) is 1.80. The number of aromatic nitrogens is 2. The van der Waals surface area contributed by atoms with E-state index < -0.39 is 0 Å². The molecule has 0 aliphatic rings. The summed E-state index contributed by atoms with van der Waals surface area (Å²) in [7, 11) is 1.71. The Kier molecular flexibility index (Phi) is 4.55. The van der Waals surface area contributed by atoms with Crippen LogP contribution in [0.15, 0.2) is 4.52 Å². The lowest BCUT2D eigenvalue weighted by Gasteiger charge is -2.09. The minimum atomic E-state index is 0.494. The highest BCUT2D eigenvalue weighted by Crippen LogP contribution is 1.96. The molecule has 0 fully saturated rings. The molecule has 1 rings (SSSR count). The number of ether oxygens (including phenoxy) is 1. The van der Waals surface area contributed by atoms with Crippen molar-refractivity contribution in [3.63, 3.8) is 0 Å². The molecule has 0 aromatic carbocycles. The molecule has 0 spiro atoms. The van der Waals surface area contributed by atoms with Gasteiger partial charge in [-0.1, -0.05) is 12.1 Å². The second-order valence-electron chi connectivity index (χ2n) is 3.42. The molecule has 0 bridgehead atoms. The van der Waals surface area contributed by atoms with Crippen LogP contribution in [0.1, 0.15) is 18.6 Å². The molecule has 0 saturated heterocycles. The molecule has 0 amide bonds. The highest BCUT2D eigenvalue weighted by Gasteiger charge is 2.03. The lowest BCUT2D eigenvalue weighted by atomic mass is 10.2. The van der Waals surface area contributed by atoms with Gasteiger partial charge in [-0.2, -0.15) is 4.98 Å². The Morgan fingerprint density at radius 2 is 2.36 bits per heavy atom. The number of aryl methyl sites for hydroxylation is 1. The van der Waals surface area contributed by atoms with E-state index in [2.05, 4.69) is 22.4 Å². The molecule has 14 heavy (non-hydrogen) atoms. The largest absolute Gasteiger partial charge is 0.384 e. The van der Waals surface area contributed by atoms with Crippen LogP contribution in [0.4, 0.5) is 0 Å². The number of nitrogens with zero attached hydrogens (tertiary/aromatic N) is 2. The standard InChI is InChI=1S/C9H17N3O2/c1-7(6-13-3)4-10-5-9-11-8(2)14-12-9/h7,10H,4-6H2,1-3H3. The van der Waals surface area contributed by atoms with Crippen molar-refractivity contribution in [1.82, 2.24) is 15.5 Å². The number of methoxy groups -OCH3 is 1. The number of rotatable bonds is 6. The van der Waals surface area contributed by atoms with Gasteiger partial charge in [0.1, 0.15) is 0 Å². The summed E-state index contributed by atoms with van der Waals surface area (Å²) in [5, 5.41) is 7.01. The van der Waals surface area contributed by atoms with Crippen molar-refractivity contribution in [1.29, 1.82) is 0 Å². The van der Waals surface area contributed by atoms with Crippen molar-refractivity contribution in [3.8, 4) is 0 Å². The zero-order valence-electron chi connectivity index (χ0n) is 8.91. The average molecular weight is 199 g/mol. The van der Waals surface area contributed by atoms with E-state index in [-0.39, 0.29) is 0 Å². The third kappa shape index (κ3) is 3.85. The van der Waals surface area contributed by atoms with Crippen molar-refractivity contribution >= 4 is 0 Å². The highest BCUT2D eigenvalue weighted by atomic mass is 16.5. The van der Waals surface area contributed by atoms with Gasteiger partial charge in [-0.25, -0.2) is 0 Å². The van der Waals surface area contributed by atoms with E-state index in [4.69, 9.17) is 9.26 Å². The zero-order valence-corrected chi connectivity index (χ0v) is 8.91. The predicted molar refractivity (Wildman–Crippen MR) is 51.8 cm³/mol. The molecule has 1 heterocycles. The zero-order chi connectivity index (χ0) is 10.4. The Hall–Kier alpha value is -0.940. The summed E-state index contributed by atoms with van der Waals surface area (Å²) in [6.45, 7) is 6.20. The topological polar surface area (TPSA) is 60.2 Å². The average Bonchev–Trinajstić information content (AvgIpc) is 2.52. The van der Waals surface area contributed by atoms with Crippen molar-refractivity contribution < 1.29 is 9.26 Å². The maximum Gasteiger partial charge on any atom is 0.223 e. The van der Waals surface area contributed by atoms with Crippen molar-refractivity contribution in [2.24, 2.45) is 5.92 Å². The Bertz CT molecular complexity index is 262. The first-order valence-electron chi connectivity index (χ1n) is 4.71. The molecule has 1 N–H and O–H groups in total. The van der Waals surface area contributed by atoms with Gasteiger partial charge in [0, 0.05) is 27.2 Å². The minimum Gasteiger partial charge on any atom is -0.384 e. The molecule has 0 aliphatic carbocycles. The lowest BCUT2D eigenvalue weighted by Crippen LogP contribution is -2.23. The third-order valence-corrected chi connectivity index (χ3v) is 1.80. The van der Waals surface area contributed by atoms with Crippen LogP contribution in [0.25, 0.3) is 0 Å². The van der Waals surface area contributed by atoms with Crippen LogP contribution < -0.4 is 5.32 Å². The van der Waals surface area contributed by atoms with E-state index in [9.17, 15) is 0 Å². The second-order valence-corrected chi connectivity index (χ2v) is 3.42. The number of nitrogens with one attached hydrogen (secondary N) is 1. The number of hydrogen-bond donors (Lipinski definition) is 1. The number of hydrogen-bond acceptors (Lipinski definition) is 5. The van der Waals surface area contributed by atoms with Crippen LogP contribution in [0, 0.1) is 12.8 Å². The molecule has 1 aromatic heterocycles. The summed E-state index contributed by atoms with van der Waals surface area (Å²) in [4.78, 5) is 4.08. The normalized spacial score (nSPS) is 13.1. The fraction of sp³-hybridized carbons (Fsp3) is 0.778. The molecule has 0 aliphatic heterocycles. The van der Waals surface area contributed by atoms with Crippen LogP contribution >= 0.6 is 0 Å². The maximum atomic E-state index is 5.02. The minimum absolute atomic E-state index is 0.494. The van der Waals surface area contributed by atoms with Gasteiger partial charge < -0.3 is 14.6 Å². The smallest absolute Gasteiger partial charge is 0.223 e. The summed E-state index contributed by atoms with van der Waals surface area (Å²) < 4.78 is 9.86. The fourth-order valence-corrected chi connectivity index (χ4v) is 1.19. The van der Waals surface area contributed by atoms with Gasteiger partial charge in [0.25, 0.3) is 0 Å². The van der Waals surface area contributed by atoms with E-state index in [0.29, 0.717) is 24.2 Å². The summed E-state index contributed by atoms with van der Waals surface area (Å²) in [6.07, 6.45) is 0. The van der Waals surface area contributed by atoms with Gasteiger partial charge in [0.2, 0.25) is 5.89 Å². The van der Waals surface area contributed by atoms with Gasteiger partial charge >= 0.3 is 0 Å². The van der Waals surface area contributed by atoms with Crippen molar-refractivity contribution in [2.75, 3.05) is 20.3 Å². The van der Waals surface area contributed by atoms with Gasteiger partial charge in [0.15, 0.2) is 5.82 Å². The van der Waals surface area contributed by atoms with Crippen LogP contribution in [0.3, 0.4) is 0 Å². The van der Waals surface area contributed by atoms with E-state index in [1.807, 2.05) is 0 Å². The van der Waals surface area contributed by atoms with Crippen LogP contribution in [0.5, 0.6) is 0 Å². The third-order valence-electron chi connectivity index (χ3n) is 1.80. The van der Waals surface area contributed by atoms with Gasteiger partial charge in [-0.05, 0) is 5.92 Å². The first-order chi connectivity index (χ1) is 6.72. The quantitative estimate of drug-likeness (QED) is 0.732. The van der Waals surface area contributed by atoms with Crippen LogP contribution in [-0.4, -0.2) is 30.4 Å². The van der Waals surface area contributed by atoms with Gasteiger partial charge in [-0.3, -0.25) is 0 Å². The Morgan fingerprint density at radius 3 is 2.93 bits per heavy atom. The van der Waals surface area contributed by atoms with E-state index >= 15 is 0 Å². The van der Waals surface area contributed by atoms with Gasteiger partial charge in [0.05, 0.1) is 6.54 Å². The molecular weight excluding hydrogens is 182 g/mol. The fourth-order valence-electron chi connectivity index (χ4n) is 1.19. The van der Waals surface area contributed by atoms with E-state index in [1.165, 1.54) is 0 Å². The predicted octanol–water partition coefficient (Wildman–Crippen LogP) is 0.750. The second kappa shape index (κ2) is 5.72. The molecule has 5 heteroatoms. The van der Waals surface area contributed by atoms with Crippen LogP contribution in [0.2, 0.25) is 0 Å². The molecule has 1 aromatic rings. The molecule has 0 saturated carbocycles. The Balaban J connectivity index is 2.15. The molecule has 1 unspecified atom stereocenters. The maximum absolute atomic E-state index is 5.02. The lowest BCUT2D eigenvalue weighted by molar-refractivity contribution is 0.158. The van der Waals surface area contributed by atoms with E-state index in [0.717, 1.165) is 13.2 Å². The Labute approximate surface area is 83.8 Å². The SMILES string of the molecule is COCC(C)CNCc1noc(C)n1. The monoisotopic (exact) mass is 199 g/mol. The van der Waals surface area contributed by atoms with Crippen LogP contribution in [-0.2, 0) is 11.3 Å². The Morgan fingerprint density at radius 1 is 1.57 bits per heavy atom.